The Balaban J connectivity index is 2.72. The van der Waals surface area contributed by atoms with E-state index in [1.807, 2.05) is 0 Å². The van der Waals surface area contributed by atoms with Gasteiger partial charge in [0.05, 0.1) is 11.7 Å². The normalized spacial score (nSPS) is 12.3. The zero-order valence-corrected chi connectivity index (χ0v) is 9.76. The van der Waals surface area contributed by atoms with Crippen LogP contribution in [0.25, 0.3) is 0 Å². The summed E-state index contributed by atoms with van der Waals surface area (Å²) in [6, 6.07) is 1.86. The standard InChI is InChI=1S/C12H15F2NO2/c1-7-5-9(11(14)6-10(7)13)12(17)15-4-3-8(2)16/h5-6,8,16H,3-4H2,1-2H3,(H,15,17). The minimum atomic E-state index is -0.886. The molecule has 0 aromatic heterocycles. The number of rotatable bonds is 4. The first-order valence-electron chi connectivity index (χ1n) is 5.33. The lowest BCUT2D eigenvalue weighted by Crippen LogP contribution is -2.27. The highest BCUT2D eigenvalue weighted by Crippen LogP contribution is 2.14. The molecule has 0 bridgehead atoms. The van der Waals surface area contributed by atoms with Crippen molar-refractivity contribution in [1.82, 2.24) is 5.32 Å². The third kappa shape index (κ3) is 3.78. The first kappa shape index (κ1) is 13.6. The Hall–Kier alpha value is -1.49. The fourth-order valence-electron chi connectivity index (χ4n) is 1.32. The SMILES string of the molecule is Cc1cc(C(=O)NCCC(C)O)c(F)cc1F. The van der Waals surface area contributed by atoms with Crippen LogP contribution < -0.4 is 5.32 Å². The maximum absolute atomic E-state index is 13.3. The van der Waals surface area contributed by atoms with Crippen molar-refractivity contribution in [2.24, 2.45) is 0 Å². The van der Waals surface area contributed by atoms with E-state index in [2.05, 4.69) is 5.32 Å². The molecule has 0 aliphatic carbocycles. The van der Waals surface area contributed by atoms with Gasteiger partial charge in [-0.2, -0.15) is 0 Å². The molecule has 1 amide bonds. The molecule has 0 saturated carbocycles. The quantitative estimate of drug-likeness (QED) is 0.846. The Kier molecular flexibility index (Phi) is 4.57. The summed E-state index contributed by atoms with van der Waals surface area (Å²) in [4.78, 5) is 11.6. The second kappa shape index (κ2) is 5.72. The zero-order chi connectivity index (χ0) is 13.0. The minimum Gasteiger partial charge on any atom is -0.393 e. The molecule has 1 unspecified atom stereocenters. The molecular formula is C12H15F2NO2. The Morgan fingerprint density at radius 1 is 1.41 bits per heavy atom. The van der Waals surface area contributed by atoms with Crippen molar-refractivity contribution >= 4 is 5.91 Å². The summed E-state index contributed by atoms with van der Waals surface area (Å²) in [5, 5.41) is 11.5. The third-order valence-electron chi connectivity index (χ3n) is 2.34. The molecular weight excluding hydrogens is 228 g/mol. The van der Waals surface area contributed by atoms with Gasteiger partial charge in [0, 0.05) is 12.6 Å². The number of hydrogen-bond donors (Lipinski definition) is 2. The number of amides is 1. The first-order valence-corrected chi connectivity index (χ1v) is 5.33. The number of aliphatic hydroxyl groups is 1. The Morgan fingerprint density at radius 2 is 2.06 bits per heavy atom. The summed E-state index contributed by atoms with van der Waals surface area (Å²) in [5.74, 6) is -2.17. The van der Waals surface area contributed by atoms with E-state index in [0.29, 0.717) is 12.5 Å². The number of hydrogen-bond acceptors (Lipinski definition) is 2. The summed E-state index contributed by atoms with van der Waals surface area (Å²) in [6.45, 7) is 3.29. The summed E-state index contributed by atoms with van der Waals surface area (Å²) in [6.07, 6.45) is -0.150. The average molecular weight is 243 g/mol. The number of nitrogens with one attached hydrogen (secondary N) is 1. The molecule has 0 aliphatic rings. The van der Waals surface area contributed by atoms with Gasteiger partial charge in [-0.05, 0) is 31.9 Å². The highest BCUT2D eigenvalue weighted by molar-refractivity contribution is 5.94. The monoisotopic (exact) mass is 243 g/mol. The van der Waals surface area contributed by atoms with Gasteiger partial charge in [0.25, 0.3) is 5.91 Å². The van der Waals surface area contributed by atoms with Crippen molar-refractivity contribution in [2.45, 2.75) is 26.4 Å². The lowest BCUT2D eigenvalue weighted by atomic mass is 10.1. The highest BCUT2D eigenvalue weighted by atomic mass is 19.1. The van der Waals surface area contributed by atoms with Gasteiger partial charge in [0.1, 0.15) is 11.6 Å². The average Bonchev–Trinajstić information content (AvgIpc) is 2.22. The van der Waals surface area contributed by atoms with Crippen LogP contribution in [-0.4, -0.2) is 23.7 Å². The van der Waals surface area contributed by atoms with E-state index in [4.69, 9.17) is 5.11 Å². The molecule has 2 N–H and O–H groups in total. The lowest BCUT2D eigenvalue weighted by Gasteiger charge is -2.08. The molecule has 5 heteroatoms. The van der Waals surface area contributed by atoms with Gasteiger partial charge in [-0.25, -0.2) is 8.78 Å². The molecule has 94 valence electrons. The van der Waals surface area contributed by atoms with Crippen LogP contribution in [0.4, 0.5) is 8.78 Å². The number of aliphatic hydroxyl groups excluding tert-OH is 1. The van der Waals surface area contributed by atoms with Gasteiger partial charge in [-0.3, -0.25) is 4.79 Å². The fraction of sp³-hybridized carbons (Fsp3) is 0.417. The van der Waals surface area contributed by atoms with Crippen molar-refractivity contribution in [3.63, 3.8) is 0 Å². The number of aryl methyl sites for hydroxylation is 1. The molecule has 1 rings (SSSR count). The maximum Gasteiger partial charge on any atom is 0.254 e. The van der Waals surface area contributed by atoms with Crippen LogP contribution >= 0.6 is 0 Å². The van der Waals surface area contributed by atoms with Gasteiger partial charge < -0.3 is 10.4 Å². The number of halogens is 2. The van der Waals surface area contributed by atoms with Gasteiger partial charge in [-0.1, -0.05) is 0 Å². The van der Waals surface area contributed by atoms with Crippen molar-refractivity contribution in [2.75, 3.05) is 6.54 Å². The number of carbonyl (C=O) groups excluding carboxylic acids is 1. The van der Waals surface area contributed by atoms with Gasteiger partial charge in [0.15, 0.2) is 0 Å². The van der Waals surface area contributed by atoms with Crippen LogP contribution in [-0.2, 0) is 0 Å². The van der Waals surface area contributed by atoms with Crippen molar-refractivity contribution in [3.8, 4) is 0 Å². The molecule has 3 nitrogen and oxygen atoms in total. The summed E-state index contributed by atoms with van der Waals surface area (Å²) >= 11 is 0. The van der Waals surface area contributed by atoms with Gasteiger partial charge in [0.2, 0.25) is 0 Å². The Morgan fingerprint density at radius 3 is 2.65 bits per heavy atom. The molecule has 0 fully saturated rings. The topological polar surface area (TPSA) is 49.3 Å². The van der Waals surface area contributed by atoms with Crippen LogP contribution in [0.15, 0.2) is 12.1 Å². The van der Waals surface area contributed by atoms with E-state index in [9.17, 15) is 13.6 Å². The van der Waals surface area contributed by atoms with E-state index in [1.165, 1.54) is 13.0 Å². The van der Waals surface area contributed by atoms with E-state index in [1.54, 1.807) is 6.92 Å². The molecule has 1 atom stereocenters. The van der Waals surface area contributed by atoms with Gasteiger partial charge >= 0.3 is 0 Å². The zero-order valence-electron chi connectivity index (χ0n) is 9.76. The van der Waals surface area contributed by atoms with Crippen LogP contribution in [0.5, 0.6) is 0 Å². The first-order chi connectivity index (χ1) is 7.91. The summed E-state index contributed by atoms with van der Waals surface area (Å²) < 4.78 is 26.3. The molecule has 1 aromatic rings. The summed E-state index contributed by atoms with van der Waals surface area (Å²) in [7, 11) is 0. The maximum atomic E-state index is 13.3. The van der Waals surface area contributed by atoms with Crippen LogP contribution in [0.2, 0.25) is 0 Å². The highest BCUT2D eigenvalue weighted by Gasteiger charge is 2.14. The van der Waals surface area contributed by atoms with Crippen molar-refractivity contribution < 1.29 is 18.7 Å². The van der Waals surface area contributed by atoms with Crippen LogP contribution in [0.1, 0.15) is 29.3 Å². The third-order valence-corrected chi connectivity index (χ3v) is 2.34. The summed E-state index contributed by atoms with van der Waals surface area (Å²) in [5.41, 5.74) is 0.0292. The van der Waals surface area contributed by atoms with Crippen molar-refractivity contribution in [1.29, 1.82) is 0 Å². The molecule has 0 saturated heterocycles. The van der Waals surface area contributed by atoms with Crippen LogP contribution in [0.3, 0.4) is 0 Å². The minimum absolute atomic E-state index is 0.186. The molecule has 17 heavy (non-hydrogen) atoms. The predicted molar refractivity (Wildman–Crippen MR) is 59.7 cm³/mol. The van der Waals surface area contributed by atoms with Crippen LogP contribution in [0, 0.1) is 18.6 Å². The fourth-order valence-corrected chi connectivity index (χ4v) is 1.32. The van der Waals surface area contributed by atoms with E-state index >= 15 is 0 Å². The van der Waals surface area contributed by atoms with E-state index < -0.39 is 23.6 Å². The predicted octanol–water partition coefficient (Wildman–Crippen LogP) is 1.77. The smallest absolute Gasteiger partial charge is 0.254 e. The van der Waals surface area contributed by atoms with E-state index in [0.717, 1.165) is 0 Å². The van der Waals surface area contributed by atoms with E-state index in [-0.39, 0.29) is 17.7 Å². The molecule has 0 heterocycles. The Bertz CT molecular complexity index is 419. The molecule has 1 aromatic carbocycles. The largest absolute Gasteiger partial charge is 0.393 e. The lowest BCUT2D eigenvalue weighted by molar-refractivity contribution is 0.0941. The number of benzene rings is 1. The molecule has 0 spiro atoms. The number of carbonyl (C=O) groups is 1. The van der Waals surface area contributed by atoms with Gasteiger partial charge in [-0.15, -0.1) is 0 Å². The molecule has 0 radical (unpaired) electrons. The second-order valence-electron chi connectivity index (χ2n) is 3.97. The Labute approximate surface area is 98.5 Å². The molecule has 0 aliphatic heterocycles. The second-order valence-corrected chi connectivity index (χ2v) is 3.97. The van der Waals surface area contributed by atoms with Crippen molar-refractivity contribution in [3.05, 3.63) is 34.9 Å².